The molecule has 54 valence electrons. The Kier molecular flexibility index (Phi) is 5.79. The fraction of sp³-hybridized carbons (Fsp3) is 0.143. The Morgan fingerprint density at radius 2 is 1.90 bits per heavy atom. The molecule has 0 spiro atoms. The molecule has 0 atom stereocenters. The van der Waals surface area contributed by atoms with Gasteiger partial charge in [0.1, 0.15) is 0 Å². The van der Waals surface area contributed by atoms with Crippen LogP contribution in [0.25, 0.3) is 0 Å². The van der Waals surface area contributed by atoms with E-state index in [0.717, 1.165) is 0 Å². The summed E-state index contributed by atoms with van der Waals surface area (Å²) in [4.78, 5) is 0. The van der Waals surface area contributed by atoms with Gasteiger partial charge in [0.25, 0.3) is 0 Å². The number of aryl methyl sites for hydroxylation is 1. The molecular formula is C7H5I2W-. The van der Waals surface area contributed by atoms with Crippen molar-refractivity contribution in [1.29, 1.82) is 0 Å². The van der Waals surface area contributed by atoms with E-state index in [1.807, 2.05) is 0 Å². The third-order valence-electron chi connectivity index (χ3n) is 0.936. The minimum atomic E-state index is 0. The molecule has 0 heterocycles. The van der Waals surface area contributed by atoms with Crippen molar-refractivity contribution in [3.63, 3.8) is 0 Å². The first-order valence-corrected chi connectivity index (χ1v) is 4.69. The molecule has 0 nitrogen and oxygen atoms in total. The van der Waals surface area contributed by atoms with Crippen molar-refractivity contribution in [2.24, 2.45) is 0 Å². The van der Waals surface area contributed by atoms with E-state index < -0.39 is 0 Å². The summed E-state index contributed by atoms with van der Waals surface area (Å²) in [5, 5.41) is 0. The van der Waals surface area contributed by atoms with Crippen LogP contribution in [0.1, 0.15) is 5.56 Å². The monoisotopic (exact) mass is 527 g/mol. The van der Waals surface area contributed by atoms with Gasteiger partial charge in [-0.1, -0.05) is 59.2 Å². The molecule has 0 aliphatic rings. The van der Waals surface area contributed by atoms with Crippen molar-refractivity contribution >= 4 is 45.2 Å². The van der Waals surface area contributed by atoms with E-state index in [1.165, 1.54) is 12.7 Å². The van der Waals surface area contributed by atoms with Crippen LogP contribution >= 0.6 is 45.2 Å². The van der Waals surface area contributed by atoms with Crippen LogP contribution in [0.5, 0.6) is 0 Å². The number of hydrogen-bond acceptors (Lipinski definition) is 0. The summed E-state index contributed by atoms with van der Waals surface area (Å²) in [5.41, 5.74) is 1.21. The van der Waals surface area contributed by atoms with E-state index in [1.54, 1.807) is 0 Å². The van der Waals surface area contributed by atoms with Gasteiger partial charge in [0.2, 0.25) is 0 Å². The SMILES string of the molecule is Cc1[c-]c(I)cc(I)c1.[W]. The zero-order chi connectivity index (χ0) is 6.85. The molecule has 0 amide bonds. The molecule has 1 aromatic rings. The van der Waals surface area contributed by atoms with Crippen molar-refractivity contribution in [3.8, 4) is 0 Å². The maximum Gasteiger partial charge on any atom is 0 e. The van der Waals surface area contributed by atoms with E-state index in [9.17, 15) is 0 Å². The molecule has 0 saturated carbocycles. The van der Waals surface area contributed by atoms with E-state index in [2.05, 4.69) is 70.3 Å². The van der Waals surface area contributed by atoms with Crippen LogP contribution < -0.4 is 0 Å². The van der Waals surface area contributed by atoms with Gasteiger partial charge < -0.3 is 0 Å². The third kappa shape index (κ3) is 3.67. The van der Waals surface area contributed by atoms with E-state index in [0.29, 0.717) is 0 Å². The Morgan fingerprint density at radius 3 is 2.30 bits per heavy atom. The number of rotatable bonds is 0. The molecule has 1 aromatic carbocycles. The Bertz CT molecular complexity index is 172. The van der Waals surface area contributed by atoms with Crippen molar-refractivity contribution in [3.05, 3.63) is 30.9 Å². The standard InChI is InChI=1S/C7H5I2.W/c1-5-2-6(8)4-7(9)3-5;/h2,4H,1H3;/q-1;. The minimum Gasteiger partial charge on any atom is -0.167 e. The molecule has 1 rings (SSSR count). The molecule has 0 bridgehead atoms. The van der Waals surface area contributed by atoms with Gasteiger partial charge in [0, 0.05) is 21.1 Å². The molecular weight excluding hydrogens is 522 g/mol. The Hall–Kier alpha value is 1.37. The van der Waals surface area contributed by atoms with Gasteiger partial charge >= 0.3 is 0 Å². The molecule has 0 radical (unpaired) electrons. The molecule has 3 heteroatoms. The fourth-order valence-corrected chi connectivity index (χ4v) is 2.77. The summed E-state index contributed by atoms with van der Waals surface area (Å²) in [5.74, 6) is 0. The van der Waals surface area contributed by atoms with Crippen molar-refractivity contribution in [1.82, 2.24) is 0 Å². The predicted octanol–water partition coefficient (Wildman–Crippen LogP) is 3.00. The number of benzene rings is 1. The second kappa shape index (κ2) is 5.09. The zero-order valence-electron chi connectivity index (χ0n) is 5.32. The summed E-state index contributed by atoms with van der Waals surface area (Å²) in [6.45, 7) is 2.06. The van der Waals surface area contributed by atoms with Gasteiger partial charge in [-0.3, -0.25) is 0 Å². The van der Waals surface area contributed by atoms with Crippen LogP contribution in [-0.2, 0) is 21.1 Å². The largest absolute Gasteiger partial charge is 0.167 e. The maximum atomic E-state index is 3.19. The van der Waals surface area contributed by atoms with Crippen LogP contribution in [0.4, 0.5) is 0 Å². The van der Waals surface area contributed by atoms with Gasteiger partial charge in [-0.15, -0.1) is 6.07 Å². The van der Waals surface area contributed by atoms with Gasteiger partial charge in [-0.25, -0.2) is 0 Å². The summed E-state index contributed by atoms with van der Waals surface area (Å²) >= 11 is 4.58. The predicted molar refractivity (Wildman–Crippen MR) is 55.4 cm³/mol. The number of hydrogen-bond donors (Lipinski definition) is 0. The van der Waals surface area contributed by atoms with Crippen molar-refractivity contribution in [2.75, 3.05) is 0 Å². The van der Waals surface area contributed by atoms with Crippen molar-refractivity contribution < 1.29 is 21.1 Å². The third-order valence-corrected chi connectivity index (χ3v) is 2.14. The maximum absolute atomic E-state index is 3.19. The quantitative estimate of drug-likeness (QED) is 0.360. The summed E-state index contributed by atoms with van der Waals surface area (Å²) < 4.78 is 2.48. The summed E-state index contributed by atoms with van der Waals surface area (Å²) in [6, 6.07) is 7.41. The van der Waals surface area contributed by atoms with Gasteiger partial charge in [0.05, 0.1) is 0 Å². The summed E-state index contributed by atoms with van der Waals surface area (Å²) in [7, 11) is 0. The first kappa shape index (κ1) is 11.4. The van der Waals surface area contributed by atoms with Crippen LogP contribution in [0.2, 0.25) is 0 Å². The normalized spacial score (nSPS) is 8.70. The van der Waals surface area contributed by atoms with E-state index >= 15 is 0 Å². The van der Waals surface area contributed by atoms with Gasteiger partial charge in [0.15, 0.2) is 0 Å². The molecule has 0 aliphatic heterocycles. The van der Waals surface area contributed by atoms with Gasteiger partial charge in [-0.2, -0.15) is 17.7 Å². The Balaban J connectivity index is 0.000000810. The average molecular weight is 527 g/mol. The van der Waals surface area contributed by atoms with Crippen molar-refractivity contribution in [2.45, 2.75) is 6.92 Å². The summed E-state index contributed by atoms with van der Waals surface area (Å²) in [6.07, 6.45) is 0. The molecule has 0 aromatic heterocycles. The van der Waals surface area contributed by atoms with E-state index in [4.69, 9.17) is 0 Å². The first-order chi connectivity index (χ1) is 4.18. The Morgan fingerprint density at radius 1 is 1.30 bits per heavy atom. The van der Waals surface area contributed by atoms with Crippen LogP contribution in [-0.4, -0.2) is 0 Å². The molecule has 0 fully saturated rings. The first-order valence-electron chi connectivity index (χ1n) is 2.53. The van der Waals surface area contributed by atoms with Gasteiger partial charge in [-0.05, 0) is 0 Å². The van der Waals surface area contributed by atoms with E-state index in [-0.39, 0.29) is 21.1 Å². The molecule has 0 aliphatic carbocycles. The number of halogens is 2. The zero-order valence-corrected chi connectivity index (χ0v) is 12.6. The smallest absolute Gasteiger partial charge is 0 e. The molecule has 0 saturated heterocycles. The molecule has 0 N–H and O–H groups in total. The topological polar surface area (TPSA) is 0 Å². The second-order valence-electron chi connectivity index (χ2n) is 1.83. The molecule has 10 heavy (non-hydrogen) atoms. The van der Waals surface area contributed by atoms with Crippen LogP contribution in [0.15, 0.2) is 12.1 Å². The fourth-order valence-electron chi connectivity index (χ4n) is 0.630. The van der Waals surface area contributed by atoms with Crippen LogP contribution in [0, 0.1) is 20.1 Å². The second-order valence-corrected chi connectivity index (χ2v) is 4.24. The minimum absolute atomic E-state index is 0. The Labute approximate surface area is 103 Å². The average Bonchev–Trinajstić information content (AvgIpc) is 1.59. The molecule has 0 unspecified atom stereocenters. The van der Waals surface area contributed by atoms with Crippen LogP contribution in [0.3, 0.4) is 0 Å².